The average molecular weight is 388 g/mol. The molecule has 19 heavy (non-hydrogen) atoms. The number of anilines is 1. The zero-order valence-corrected chi connectivity index (χ0v) is 13.0. The van der Waals surface area contributed by atoms with E-state index in [2.05, 4.69) is 27.9 Å². The van der Waals surface area contributed by atoms with Crippen LogP contribution in [0.5, 0.6) is 5.75 Å². The number of halogens is 2. The van der Waals surface area contributed by atoms with Crippen molar-refractivity contribution in [3.8, 4) is 5.75 Å². The van der Waals surface area contributed by atoms with Gasteiger partial charge in [0, 0.05) is 14.2 Å². The van der Waals surface area contributed by atoms with Gasteiger partial charge in [-0.05, 0) is 65.1 Å². The molecule has 2 aromatic rings. The molecule has 98 valence electrons. The van der Waals surface area contributed by atoms with Crippen LogP contribution < -0.4 is 10.1 Å². The third-order valence-corrected chi connectivity index (χ3v) is 3.66. The Morgan fingerprint density at radius 2 is 1.89 bits per heavy atom. The first kappa shape index (κ1) is 14.1. The van der Waals surface area contributed by atoms with E-state index in [1.54, 1.807) is 49.6 Å². The monoisotopic (exact) mass is 387 g/mol. The van der Waals surface area contributed by atoms with E-state index in [9.17, 15) is 4.79 Å². The van der Waals surface area contributed by atoms with Crippen LogP contribution >= 0.6 is 34.2 Å². The highest BCUT2D eigenvalue weighted by atomic mass is 127. The fraction of sp³-hybridized carbons (Fsp3) is 0.0714. The standard InChI is InChI=1S/C14H11ClINO2/c1-19-11-5-2-9(3-6-11)14(18)17-13-7-4-10(15)8-12(13)16/h2-8H,1H3,(H,17,18). The number of ether oxygens (including phenoxy) is 1. The SMILES string of the molecule is COc1ccc(C(=O)Nc2ccc(Cl)cc2I)cc1. The Morgan fingerprint density at radius 3 is 2.47 bits per heavy atom. The van der Waals surface area contributed by atoms with E-state index in [4.69, 9.17) is 16.3 Å². The molecule has 2 rings (SSSR count). The highest BCUT2D eigenvalue weighted by Gasteiger charge is 2.08. The lowest BCUT2D eigenvalue weighted by Crippen LogP contribution is -2.12. The second-order valence-electron chi connectivity index (χ2n) is 3.81. The van der Waals surface area contributed by atoms with Crippen LogP contribution in [0, 0.1) is 3.57 Å². The van der Waals surface area contributed by atoms with Gasteiger partial charge in [0.15, 0.2) is 0 Å². The number of benzene rings is 2. The summed E-state index contributed by atoms with van der Waals surface area (Å²) in [6.45, 7) is 0. The molecule has 0 aromatic heterocycles. The lowest BCUT2D eigenvalue weighted by atomic mass is 10.2. The van der Waals surface area contributed by atoms with Crippen molar-refractivity contribution in [2.24, 2.45) is 0 Å². The lowest BCUT2D eigenvalue weighted by molar-refractivity contribution is 0.102. The number of rotatable bonds is 3. The molecule has 2 aromatic carbocycles. The first-order chi connectivity index (χ1) is 9.10. The maximum absolute atomic E-state index is 12.1. The van der Waals surface area contributed by atoms with Gasteiger partial charge in [0.25, 0.3) is 5.91 Å². The first-order valence-electron chi connectivity index (χ1n) is 5.50. The number of carbonyl (C=O) groups is 1. The molecule has 0 bridgehead atoms. The van der Waals surface area contributed by atoms with Crippen LogP contribution in [0.2, 0.25) is 5.02 Å². The maximum atomic E-state index is 12.1. The van der Waals surface area contributed by atoms with Crippen LogP contribution in [0.4, 0.5) is 5.69 Å². The zero-order chi connectivity index (χ0) is 13.8. The molecule has 1 N–H and O–H groups in total. The number of carbonyl (C=O) groups excluding carboxylic acids is 1. The smallest absolute Gasteiger partial charge is 0.255 e. The summed E-state index contributed by atoms with van der Waals surface area (Å²) in [7, 11) is 1.59. The van der Waals surface area contributed by atoms with Gasteiger partial charge < -0.3 is 10.1 Å². The van der Waals surface area contributed by atoms with Crippen molar-refractivity contribution >= 4 is 45.8 Å². The molecular formula is C14H11ClINO2. The molecule has 3 nitrogen and oxygen atoms in total. The van der Waals surface area contributed by atoms with E-state index < -0.39 is 0 Å². The normalized spacial score (nSPS) is 10.1. The van der Waals surface area contributed by atoms with Crippen LogP contribution in [-0.2, 0) is 0 Å². The molecular weight excluding hydrogens is 377 g/mol. The van der Waals surface area contributed by atoms with Crippen LogP contribution in [0.3, 0.4) is 0 Å². The molecule has 0 aliphatic rings. The fourth-order valence-electron chi connectivity index (χ4n) is 1.53. The first-order valence-corrected chi connectivity index (χ1v) is 6.96. The number of nitrogens with one attached hydrogen (secondary N) is 1. The van der Waals surface area contributed by atoms with Crippen LogP contribution in [0.15, 0.2) is 42.5 Å². The number of amides is 1. The summed E-state index contributed by atoms with van der Waals surface area (Å²) < 4.78 is 5.95. The summed E-state index contributed by atoms with van der Waals surface area (Å²) in [4.78, 5) is 12.1. The maximum Gasteiger partial charge on any atom is 0.255 e. The van der Waals surface area contributed by atoms with Crippen LogP contribution in [0.25, 0.3) is 0 Å². The summed E-state index contributed by atoms with van der Waals surface area (Å²) >= 11 is 8.00. The van der Waals surface area contributed by atoms with Gasteiger partial charge in [-0.3, -0.25) is 4.79 Å². The molecule has 0 heterocycles. The van der Waals surface area contributed by atoms with Gasteiger partial charge in [-0.25, -0.2) is 0 Å². The molecule has 1 amide bonds. The Hall–Kier alpha value is -1.27. The molecule has 0 saturated carbocycles. The fourth-order valence-corrected chi connectivity index (χ4v) is 2.53. The Kier molecular flexibility index (Phi) is 4.66. The number of hydrogen-bond donors (Lipinski definition) is 1. The lowest BCUT2D eigenvalue weighted by Gasteiger charge is -2.08. The van der Waals surface area contributed by atoms with Crippen molar-refractivity contribution < 1.29 is 9.53 Å². The molecule has 0 atom stereocenters. The highest BCUT2D eigenvalue weighted by Crippen LogP contribution is 2.23. The van der Waals surface area contributed by atoms with Gasteiger partial charge >= 0.3 is 0 Å². The van der Waals surface area contributed by atoms with E-state index in [-0.39, 0.29) is 5.91 Å². The Morgan fingerprint density at radius 1 is 1.21 bits per heavy atom. The number of hydrogen-bond acceptors (Lipinski definition) is 2. The predicted octanol–water partition coefficient (Wildman–Crippen LogP) is 4.21. The molecule has 0 radical (unpaired) electrons. The van der Waals surface area contributed by atoms with Gasteiger partial charge in [0.1, 0.15) is 5.75 Å². The highest BCUT2D eigenvalue weighted by molar-refractivity contribution is 14.1. The molecule has 0 spiro atoms. The van der Waals surface area contributed by atoms with Crippen molar-refractivity contribution in [1.29, 1.82) is 0 Å². The summed E-state index contributed by atoms with van der Waals surface area (Å²) in [5.74, 6) is 0.556. The topological polar surface area (TPSA) is 38.3 Å². The van der Waals surface area contributed by atoms with E-state index in [0.29, 0.717) is 10.6 Å². The quantitative estimate of drug-likeness (QED) is 0.802. The molecule has 0 fully saturated rings. The molecule has 5 heteroatoms. The van der Waals surface area contributed by atoms with Gasteiger partial charge in [-0.15, -0.1) is 0 Å². The number of methoxy groups -OCH3 is 1. The second kappa shape index (κ2) is 6.25. The zero-order valence-electron chi connectivity index (χ0n) is 10.1. The second-order valence-corrected chi connectivity index (χ2v) is 5.41. The summed E-state index contributed by atoms with van der Waals surface area (Å²) in [6.07, 6.45) is 0. The minimum atomic E-state index is -0.164. The summed E-state index contributed by atoms with van der Waals surface area (Å²) in [6, 6.07) is 12.3. The van der Waals surface area contributed by atoms with Gasteiger partial charge in [0.2, 0.25) is 0 Å². The largest absolute Gasteiger partial charge is 0.497 e. The Bertz CT molecular complexity index is 599. The van der Waals surface area contributed by atoms with Gasteiger partial charge in [-0.1, -0.05) is 11.6 Å². The van der Waals surface area contributed by atoms with Crippen molar-refractivity contribution in [2.45, 2.75) is 0 Å². The average Bonchev–Trinajstić information content (AvgIpc) is 2.42. The Balaban J connectivity index is 2.15. The Labute approximate surface area is 130 Å². The summed E-state index contributed by atoms with van der Waals surface area (Å²) in [5.41, 5.74) is 1.32. The van der Waals surface area contributed by atoms with Crippen molar-refractivity contribution in [1.82, 2.24) is 0 Å². The van der Waals surface area contributed by atoms with E-state index in [1.807, 2.05) is 0 Å². The summed E-state index contributed by atoms with van der Waals surface area (Å²) in [5, 5.41) is 3.49. The van der Waals surface area contributed by atoms with Crippen LogP contribution in [-0.4, -0.2) is 13.0 Å². The van der Waals surface area contributed by atoms with Crippen molar-refractivity contribution in [3.05, 3.63) is 56.6 Å². The van der Waals surface area contributed by atoms with Crippen LogP contribution in [0.1, 0.15) is 10.4 Å². The minimum absolute atomic E-state index is 0.164. The molecule has 0 aliphatic carbocycles. The third kappa shape index (κ3) is 3.61. The van der Waals surface area contributed by atoms with Crippen molar-refractivity contribution in [2.75, 3.05) is 12.4 Å². The molecule has 0 unspecified atom stereocenters. The molecule has 0 saturated heterocycles. The van der Waals surface area contributed by atoms with E-state index >= 15 is 0 Å². The molecule has 0 aliphatic heterocycles. The third-order valence-electron chi connectivity index (χ3n) is 2.53. The van der Waals surface area contributed by atoms with Gasteiger partial charge in [0.05, 0.1) is 12.8 Å². The van der Waals surface area contributed by atoms with Crippen molar-refractivity contribution in [3.63, 3.8) is 0 Å². The minimum Gasteiger partial charge on any atom is -0.497 e. The van der Waals surface area contributed by atoms with E-state index in [0.717, 1.165) is 15.0 Å². The van der Waals surface area contributed by atoms with E-state index in [1.165, 1.54) is 0 Å². The van der Waals surface area contributed by atoms with Gasteiger partial charge in [-0.2, -0.15) is 0 Å². The predicted molar refractivity (Wildman–Crippen MR) is 85.1 cm³/mol.